The number of carbonyl (C=O) groups excluding carboxylic acids is 2. The zero-order chi connectivity index (χ0) is 23.6. The van der Waals surface area contributed by atoms with Gasteiger partial charge in [-0.1, -0.05) is 12.1 Å². The van der Waals surface area contributed by atoms with Gasteiger partial charge in [0.05, 0.1) is 18.7 Å². The highest BCUT2D eigenvalue weighted by molar-refractivity contribution is 5.99. The van der Waals surface area contributed by atoms with Crippen LogP contribution in [0, 0.1) is 5.41 Å². The van der Waals surface area contributed by atoms with Crippen LogP contribution in [-0.2, 0) is 6.54 Å². The van der Waals surface area contributed by atoms with Crippen LogP contribution in [0.4, 0.5) is 0 Å². The van der Waals surface area contributed by atoms with Crippen molar-refractivity contribution in [2.45, 2.75) is 44.3 Å². The molecule has 0 radical (unpaired) electrons. The van der Waals surface area contributed by atoms with Crippen molar-refractivity contribution < 1.29 is 19.4 Å². The summed E-state index contributed by atoms with van der Waals surface area (Å²) in [6.45, 7) is 0.213. The summed E-state index contributed by atoms with van der Waals surface area (Å²) in [5, 5.41) is 14.4. The smallest absolute Gasteiger partial charge is 0.263 e. The van der Waals surface area contributed by atoms with E-state index >= 15 is 0 Å². The summed E-state index contributed by atoms with van der Waals surface area (Å²) in [6, 6.07) is 8.81. The van der Waals surface area contributed by atoms with Gasteiger partial charge in [-0.2, -0.15) is 0 Å². The largest absolute Gasteiger partial charge is 0.491 e. The van der Waals surface area contributed by atoms with Gasteiger partial charge in [-0.05, 0) is 54.9 Å². The lowest BCUT2D eigenvalue weighted by Gasteiger charge is -2.57. The summed E-state index contributed by atoms with van der Waals surface area (Å²) < 4.78 is 6.79. The van der Waals surface area contributed by atoms with Gasteiger partial charge in [0.2, 0.25) is 0 Å². The molecule has 2 aromatic rings. The molecule has 9 heteroatoms. The molecule has 1 heterocycles. The molecular weight excluding hydrogens is 424 g/mol. The van der Waals surface area contributed by atoms with E-state index in [1.807, 2.05) is 6.07 Å². The third-order valence-electron chi connectivity index (χ3n) is 6.52. The van der Waals surface area contributed by atoms with Crippen LogP contribution < -0.4 is 26.7 Å². The molecule has 0 unspecified atom stereocenters. The number of carbonyl (C=O) groups is 2. The number of aliphatic hydroxyl groups is 1. The van der Waals surface area contributed by atoms with Gasteiger partial charge in [0.15, 0.2) is 0 Å². The number of amides is 2. The highest BCUT2D eigenvalue weighted by atomic mass is 16.5. The fourth-order valence-electron chi connectivity index (χ4n) is 5.01. The number of nitrogens with zero attached hydrogens (tertiary/aromatic N) is 1. The number of hydrogen-bond donors (Lipinski definition) is 4. The summed E-state index contributed by atoms with van der Waals surface area (Å²) in [5.41, 5.74) is 6.63. The first-order valence-electron chi connectivity index (χ1n) is 11.2. The van der Waals surface area contributed by atoms with Gasteiger partial charge in [0.1, 0.15) is 17.9 Å². The molecule has 9 nitrogen and oxygen atoms in total. The Morgan fingerprint density at radius 1 is 1.21 bits per heavy atom. The molecular formula is C24H30N4O5. The average molecular weight is 455 g/mol. The van der Waals surface area contributed by atoms with Crippen molar-refractivity contribution in [3.63, 3.8) is 0 Å². The zero-order valence-corrected chi connectivity index (χ0v) is 18.7. The number of benzene rings is 1. The van der Waals surface area contributed by atoms with Gasteiger partial charge >= 0.3 is 0 Å². The molecule has 33 heavy (non-hydrogen) atoms. The van der Waals surface area contributed by atoms with E-state index in [0.717, 1.165) is 31.2 Å². The Hall–Kier alpha value is -3.17. The normalized spacial score (nSPS) is 23.4. The number of hydrogen-bond acceptors (Lipinski definition) is 6. The quantitative estimate of drug-likeness (QED) is 0.462. The standard InChI is InChI=1S/C24H30N4O5/c1-26-22(31)20-8-16(21(30)27-18-11-24(12-18)9-17(25)10-24)14-28(23(20)32)13-15-3-2-4-19(7-15)33-6-5-29/h2-4,7-8,14,17-18,29H,5-6,9-13,25H2,1H3,(H,26,31)(H,27,30). The second kappa shape index (κ2) is 9.36. The van der Waals surface area contributed by atoms with Crippen LogP contribution in [0.2, 0.25) is 0 Å². The van der Waals surface area contributed by atoms with Crippen LogP contribution in [0.1, 0.15) is 52.0 Å². The Morgan fingerprint density at radius 3 is 2.64 bits per heavy atom. The number of aromatic nitrogens is 1. The molecule has 1 aromatic heterocycles. The van der Waals surface area contributed by atoms with Gasteiger partial charge in [-0.25, -0.2) is 0 Å². The molecule has 2 fully saturated rings. The fraction of sp³-hybridized carbons (Fsp3) is 0.458. The highest BCUT2D eigenvalue weighted by Gasteiger charge is 2.52. The minimum atomic E-state index is -0.547. The maximum atomic E-state index is 13.0. The molecule has 176 valence electrons. The first kappa shape index (κ1) is 23.0. The van der Waals surface area contributed by atoms with Crippen LogP contribution in [0.5, 0.6) is 5.75 Å². The van der Waals surface area contributed by atoms with Crippen LogP contribution in [0.15, 0.2) is 41.3 Å². The van der Waals surface area contributed by atoms with Gasteiger partial charge in [-0.3, -0.25) is 14.4 Å². The number of pyridine rings is 1. The number of aliphatic hydroxyl groups excluding tert-OH is 1. The van der Waals surface area contributed by atoms with Crippen molar-refractivity contribution in [3.05, 3.63) is 63.6 Å². The van der Waals surface area contributed by atoms with Crippen molar-refractivity contribution in [2.24, 2.45) is 11.1 Å². The third kappa shape index (κ3) is 4.94. The molecule has 1 spiro atoms. The van der Waals surface area contributed by atoms with Crippen LogP contribution >= 0.6 is 0 Å². The Morgan fingerprint density at radius 2 is 1.97 bits per heavy atom. The molecule has 0 aliphatic heterocycles. The van der Waals surface area contributed by atoms with Crippen LogP contribution in [0.25, 0.3) is 0 Å². The van der Waals surface area contributed by atoms with E-state index in [4.69, 9.17) is 15.6 Å². The van der Waals surface area contributed by atoms with E-state index in [2.05, 4.69) is 10.6 Å². The molecule has 2 amide bonds. The Labute approximate surface area is 191 Å². The van der Waals surface area contributed by atoms with Crippen molar-refractivity contribution >= 4 is 11.8 Å². The topological polar surface area (TPSA) is 136 Å². The zero-order valence-electron chi connectivity index (χ0n) is 18.7. The van der Waals surface area contributed by atoms with Crippen molar-refractivity contribution in [2.75, 3.05) is 20.3 Å². The molecule has 5 N–H and O–H groups in total. The van der Waals surface area contributed by atoms with Crippen molar-refractivity contribution in [1.29, 1.82) is 0 Å². The van der Waals surface area contributed by atoms with E-state index in [9.17, 15) is 14.4 Å². The van der Waals surface area contributed by atoms with E-state index < -0.39 is 11.5 Å². The predicted octanol–water partition coefficient (Wildman–Crippen LogP) is 0.627. The van der Waals surface area contributed by atoms with Crippen molar-refractivity contribution in [3.8, 4) is 5.75 Å². The summed E-state index contributed by atoms with van der Waals surface area (Å²) >= 11 is 0. The van der Waals surface area contributed by atoms with Gasteiger partial charge in [-0.15, -0.1) is 0 Å². The second-order valence-electron chi connectivity index (χ2n) is 9.12. The maximum Gasteiger partial charge on any atom is 0.263 e. The second-order valence-corrected chi connectivity index (χ2v) is 9.12. The molecule has 0 saturated heterocycles. The van der Waals surface area contributed by atoms with Gasteiger partial charge < -0.3 is 30.8 Å². The lowest BCUT2D eigenvalue weighted by molar-refractivity contribution is -0.0159. The van der Waals surface area contributed by atoms with Crippen LogP contribution in [-0.4, -0.2) is 53.8 Å². The molecule has 0 atom stereocenters. The summed E-state index contributed by atoms with van der Waals surface area (Å²) in [7, 11) is 1.44. The van der Waals surface area contributed by atoms with Crippen LogP contribution in [0.3, 0.4) is 0 Å². The number of nitrogens with one attached hydrogen (secondary N) is 2. The number of ether oxygens (including phenoxy) is 1. The summed E-state index contributed by atoms with van der Waals surface area (Å²) in [6.07, 6.45) is 5.32. The van der Waals surface area contributed by atoms with Gasteiger partial charge in [0.25, 0.3) is 17.4 Å². The monoisotopic (exact) mass is 454 g/mol. The molecule has 2 saturated carbocycles. The number of nitrogens with two attached hydrogens (primary N) is 1. The first-order chi connectivity index (χ1) is 15.8. The Kier molecular flexibility index (Phi) is 6.53. The van der Waals surface area contributed by atoms with E-state index in [1.165, 1.54) is 23.9 Å². The maximum absolute atomic E-state index is 13.0. The summed E-state index contributed by atoms with van der Waals surface area (Å²) in [4.78, 5) is 38.2. The lowest BCUT2D eigenvalue weighted by atomic mass is 9.52. The molecule has 2 aliphatic carbocycles. The molecule has 2 aliphatic rings. The lowest BCUT2D eigenvalue weighted by Crippen LogP contribution is -2.59. The molecule has 1 aromatic carbocycles. The highest BCUT2D eigenvalue weighted by Crippen LogP contribution is 2.55. The van der Waals surface area contributed by atoms with E-state index in [1.54, 1.807) is 18.2 Å². The molecule has 0 bridgehead atoms. The minimum Gasteiger partial charge on any atom is -0.491 e. The van der Waals surface area contributed by atoms with E-state index in [-0.39, 0.29) is 54.3 Å². The fourth-order valence-corrected chi connectivity index (χ4v) is 5.01. The van der Waals surface area contributed by atoms with E-state index in [0.29, 0.717) is 5.75 Å². The van der Waals surface area contributed by atoms with Crippen molar-refractivity contribution in [1.82, 2.24) is 15.2 Å². The Bertz CT molecular complexity index is 1100. The Balaban J connectivity index is 1.54. The minimum absolute atomic E-state index is 0.0779. The molecule has 4 rings (SSSR count). The number of rotatable bonds is 8. The van der Waals surface area contributed by atoms with Gasteiger partial charge in [0, 0.05) is 25.3 Å². The SMILES string of the molecule is CNC(=O)c1cc(C(=O)NC2CC3(CC(N)C3)C2)cn(Cc2cccc(OCCO)c2)c1=O. The first-order valence-corrected chi connectivity index (χ1v) is 11.2. The summed E-state index contributed by atoms with van der Waals surface area (Å²) in [5.74, 6) is -0.295. The average Bonchev–Trinajstić information content (AvgIpc) is 2.76. The third-order valence-corrected chi connectivity index (χ3v) is 6.52. The predicted molar refractivity (Wildman–Crippen MR) is 122 cm³/mol.